The summed E-state index contributed by atoms with van der Waals surface area (Å²) in [7, 11) is 0. The lowest BCUT2D eigenvalue weighted by Crippen LogP contribution is -2.40. The van der Waals surface area contributed by atoms with E-state index in [1.54, 1.807) is 6.08 Å². The molecule has 1 amide bonds. The van der Waals surface area contributed by atoms with Gasteiger partial charge in [-0.1, -0.05) is 38.1 Å². The molecule has 0 spiro atoms. The third-order valence-corrected chi connectivity index (χ3v) is 7.20. The van der Waals surface area contributed by atoms with Crippen LogP contribution in [0.1, 0.15) is 32.7 Å². The zero-order chi connectivity index (χ0) is 27.2. The van der Waals surface area contributed by atoms with Crippen LogP contribution >= 0.6 is 0 Å². The smallest absolute Gasteiger partial charge is 0.246 e. The van der Waals surface area contributed by atoms with Crippen LogP contribution in [0, 0.1) is 0 Å². The second-order valence-electron chi connectivity index (χ2n) is 9.66. The second kappa shape index (κ2) is 12.1. The van der Waals surface area contributed by atoms with Crippen molar-refractivity contribution in [3.63, 3.8) is 0 Å². The first-order valence-electron chi connectivity index (χ1n) is 13.6. The molecule has 9 nitrogen and oxygen atoms in total. The molecule has 3 heterocycles. The number of nitrogens with zero attached hydrogens (tertiary/aromatic N) is 6. The maximum Gasteiger partial charge on any atom is 0.246 e. The lowest BCUT2D eigenvalue weighted by Gasteiger charge is -2.32. The minimum Gasteiger partial charge on any atom is -0.457 e. The molecule has 4 aromatic rings. The van der Waals surface area contributed by atoms with Gasteiger partial charge < -0.3 is 20.3 Å². The quantitative estimate of drug-likeness (QED) is 0.309. The number of amides is 1. The summed E-state index contributed by atoms with van der Waals surface area (Å²) in [6.45, 7) is 8.25. The first kappa shape index (κ1) is 26.4. The summed E-state index contributed by atoms with van der Waals surface area (Å²) >= 11 is 0. The number of para-hydroxylation sites is 1. The Hall–Kier alpha value is -4.24. The van der Waals surface area contributed by atoms with E-state index in [0.29, 0.717) is 18.0 Å². The number of aromatic nitrogens is 4. The van der Waals surface area contributed by atoms with Crippen LogP contribution in [0.15, 0.2) is 73.1 Å². The minimum absolute atomic E-state index is 0.00915. The summed E-state index contributed by atoms with van der Waals surface area (Å²) < 4.78 is 7.87. The summed E-state index contributed by atoms with van der Waals surface area (Å²) in [6.07, 6.45) is 6.92. The molecule has 0 aliphatic carbocycles. The highest BCUT2D eigenvalue weighted by Gasteiger charge is 2.28. The predicted molar refractivity (Wildman–Crippen MR) is 153 cm³/mol. The van der Waals surface area contributed by atoms with Crippen LogP contribution in [0.4, 0.5) is 5.82 Å². The van der Waals surface area contributed by atoms with E-state index in [9.17, 15) is 4.79 Å². The number of hydrogen-bond acceptors (Lipinski definition) is 7. The van der Waals surface area contributed by atoms with Crippen molar-refractivity contribution in [3.8, 4) is 22.8 Å². The maximum atomic E-state index is 13.0. The van der Waals surface area contributed by atoms with Gasteiger partial charge in [0.1, 0.15) is 29.3 Å². The molecule has 2 aromatic heterocycles. The molecule has 1 fully saturated rings. The molecule has 0 saturated carbocycles. The van der Waals surface area contributed by atoms with Crippen LogP contribution in [-0.4, -0.2) is 68.2 Å². The third-order valence-electron chi connectivity index (χ3n) is 7.20. The molecule has 202 valence electrons. The van der Waals surface area contributed by atoms with E-state index < -0.39 is 0 Å². The number of fused-ring (bicyclic) bond motifs is 1. The number of ether oxygens (including phenoxy) is 1. The maximum absolute atomic E-state index is 13.0. The van der Waals surface area contributed by atoms with Gasteiger partial charge in [0.25, 0.3) is 0 Å². The Balaban J connectivity index is 1.38. The van der Waals surface area contributed by atoms with E-state index in [2.05, 4.69) is 28.7 Å². The van der Waals surface area contributed by atoms with Gasteiger partial charge in [-0.3, -0.25) is 4.79 Å². The van der Waals surface area contributed by atoms with Gasteiger partial charge in [-0.2, -0.15) is 5.10 Å². The number of rotatable bonds is 9. The zero-order valence-electron chi connectivity index (χ0n) is 22.5. The normalized spacial score (nSPS) is 15.9. The molecule has 1 aliphatic rings. The van der Waals surface area contributed by atoms with Gasteiger partial charge in [0, 0.05) is 31.3 Å². The zero-order valence-corrected chi connectivity index (χ0v) is 22.5. The van der Waals surface area contributed by atoms with Gasteiger partial charge in [-0.05, 0) is 62.3 Å². The number of nitrogen functional groups attached to an aromatic ring is 1. The molecule has 1 saturated heterocycles. The lowest BCUT2D eigenvalue weighted by atomic mass is 10.1. The van der Waals surface area contributed by atoms with Crippen LogP contribution in [0.25, 0.3) is 22.3 Å². The Kier molecular flexibility index (Phi) is 8.17. The summed E-state index contributed by atoms with van der Waals surface area (Å²) in [6, 6.07) is 17.4. The van der Waals surface area contributed by atoms with Crippen molar-refractivity contribution in [2.45, 2.75) is 32.7 Å². The fourth-order valence-corrected chi connectivity index (χ4v) is 5.00. The predicted octanol–water partition coefficient (Wildman–Crippen LogP) is 4.93. The first-order chi connectivity index (χ1) is 19.1. The number of piperidine rings is 1. The molecule has 1 aliphatic heterocycles. The highest BCUT2D eigenvalue weighted by atomic mass is 16.5. The molecule has 2 aromatic carbocycles. The van der Waals surface area contributed by atoms with Gasteiger partial charge in [-0.25, -0.2) is 14.6 Å². The Bertz CT molecular complexity index is 1430. The number of nitrogens with two attached hydrogens (primary N) is 1. The summed E-state index contributed by atoms with van der Waals surface area (Å²) in [5, 5.41) is 5.71. The topological polar surface area (TPSA) is 102 Å². The van der Waals surface area contributed by atoms with Crippen LogP contribution < -0.4 is 10.5 Å². The monoisotopic (exact) mass is 525 g/mol. The minimum atomic E-state index is -0.00915. The summed E-state index contributed by atoms with van der Waals surface area (Å²) in [5.41, 5.74) is 8.63. The average Bonchev–Trinajstić information content (AvgIpc) is 3.37. The van der Waals surface area contributed by atoms with E-state index in [1.165, 1.54) is 6.33 Å². The lowest BCUT2D eigenvalue weighted by molar-refractivity contribution is -0.127. The summed E-state index contributed by atoms with van der Waals surface area (Å²) in [4.78, 5) is 25.9. The van der Waals surface area contributed by atoms with Crippen LogP contribution in [0.2, 0.25) is 0 Å². The number of likely N-dealkylation sites (tertiary alicyclic amines) is 1. The second-order valence-corrected chi connectivity index (χ2v) is 9.66. The number of carbonyl (C=O) groups is 1. The molecular weight excluding hydrogens is 490 g/mol. The average molecular weight is 526 g/mol. The largest absolute Gasteiger partial charge is 0.457 e. The highest BCUT2D eigenvalue weighted by molar-refractivity contribution is 5.98. The van der Waals surface area contributed by atoms with Crippen molar-refractivity contribution in [2.24, 2.45) is 0 Å². The van der Waals surface area contributed by atoms with Crippen molar-refractivity contribution in [2.75, 3.05) is 38.5 Å². The Labute approximate surface area is 228 Å². The fourth-order valence-electron chi connectivity index (χ4n) is 5.00. The molecule has 1 atom stereocenters. The number of likely N-dealkylation sites (N-methyl/N-ethyl adjacent to an activating group) is 1. The van der Waals surface area contributed by atoms with E-state index in [1.807, 2.05) is 70.3 Å². The van der Waals surface area contributed by atoms with E-state index in [0.717, 1.165) is 67.2 Å². The molecule has 2 N–H and O–H groups in total. The van der Waals surface area contributed by atoms with Crippen molar-refractivity contribution >= 4 is 22.8 Å². The molecule has 1 unspecified atom stereocenters. The Morgan fingerprint density at radius 2 is 1.82 bits per heavy atom. The summed E-state index contributed by atoms with van der Waals surface area (Å²) in [5.74, 6) is 1.92. The van der Waals surface area contributed by atoms with Gasteiger partial charge >= 0.3 is 0 Å². The van der Waals surface area contributed by atoms with E-state index in [-0.39, 0.29) is 11.9 Å². The van der Waals surface area contributed by atoms with E-state index >= 15 is 0 Å². The number of hydrogen-bond donors (Lipinski definition) is 1. The molecule has 5 rings (SSSR count). The van der Waals surface area contributed by atoms with Crippen molar-refractivity contribution in [1.29, 1.82) is 0 Å². The van der Waals surface area contributed by atoms with Gasteiger partial charge in [0.05, 0.1) is 11.4 Å². The molecule has 9 heteroatoms. The fraction of sp³-hybridized carbons (Fsp3) is 0.333. The highest BCUT2D eigenvalue weighted by Crippen LogP contribution is 2.34. The number of anilines is 1. The molecule has 0 bridgehead atoms. The SMILES string of the molecule is CCN(CC)CC=CC(=O)N1CCCC(n2nc(-c3ccc(Oc4ccccc4)cc3)c3c(N)ncnc32)C1. The Morgan fingerprint density at radius 1 is 1.08 bits per heavy atom. The van der Waals surface area contributed by atoms with E-state index in [4.69, 9.17) is 15.6 Å². The number of carbonyl (C=O) groups excluding carboxylic acids is 1. The van der Waals surface area contributed by atoms with Gasteiger partial charge in [0.15, 0.2) is 5.65 Å². The van der Waals surface area contributed by atoms with Crippen molar-refractivity contribution in [1.82, 2.24) is 29.5 Å². The molecule has 39 heavy (non-hydrogen) atoms. The Morgan fingerprint density at radius 3 is 2.56 bits per heavy atom. The van der Waals surface area contributed by atoms with Crippen LogP contribution in [-0.2, 0) is 4.79 Å². The van der Waals surface area contributed by atoms with Gasteiger partial charge in [-0.15, -0.1) is 0 Å². The van der Waals surface area contributed by atoms with Crippen LogP contribution in [0.5, 0.6) is 11.5 Å². The molecular formula is C30H35N7O2. The van der Waals surface area contributed by atoms with Crippen molar-refractivity contribution < 1.29 is 9.53 Å². The number of benzene rings is 2. The first-order valence-corrected chi connectivity index (χ1v) is 13.6. The molecule has 0 radical (unpaired) electrons. The van der Waals surface area contributed by atoms with Crippen LogP contribution in [0.3, 0.4) is 0 Å². The van der Waals surface area contributed by atoms with Gasteiger partial charge in [0.2, 0.25) is 5.91 Å². The van der Waals surface area contributed by atoms with Crippen molar-refractivity contribution in [3.05, 3.63) is 73.1 Å². The standard InChI is InChI=1S/C30H35N7O2/c1-3-35(4-2)18-9-13-26(38)36-19-8-10-23(20-36)37-30-27(29(31)32-21-33-30)28(34-37)22-14-16-25(17-15-22)39-24-11-6-5-7-12-24/h5-7,9,11-17,21,23H,3-4,8,10,18-20H2,1-2H3,(H2,31,32,33). The third kappa shape index (κ3) is 5.93.